The van der Waals surface area contributed by atoms with Gasteiger partial charge in [-0.15, -0.1) is 0 Å². The van der Waals surface area contributed by atoms with E-state index >= 15 is 0 Å². The van der Waals surface area contributed by atoms with Crippen LogP contribution in [-0.4, -0.2) is 18.4 Å². The average Bonchev–Trinajstić information content (AvgIpc) is 1.44. The van der Waals surface area contributed by atoms with Crippen LogP contribution in [0.5, 0.6) is 11.5 Å². The fourth-order valence-corrected chi connectivity index (χ4v) is 42.0. The number of ether oxygens (including phenoxy) is 1. The van der Waals surface area contributed by atoms with Crippen molar-refractivity contribution in [2.75, 3.05) is 5.32 Å². The van der Waals surface area contributed by atoms with E-state index in [1.807, 2.05) is 133 Å². The molecule has 115 heavy (non-hydrogen) atoms. The summed E-state index contributed by atoms with van der Waals surface area (Å²) in [4.78, 5) is 18.1. The Bertz CT molecular complexity index is 5460. The standard InChI is InChI=1S/C13H8IO.C13H10I.C12H9IN.C12H8IO2S.C12H8IOS.C12H8IO.C12H8IS.C12H8I/c15-13-9-5-1-3-7-11(9)14-12-8-4-2-6-10(12)13;1-3-7-12-10(5-1)9-11-6-2-4-8-13(11)14-12;1-3-7-11-9(5-1)13-10-6-2-4-8-12(10)14-11;14-16(15)11-7-3-1-5-9(11)13-10-6-2-4-8-12(10)16;14-15-11-7-3-1-5-9(11)13-10-6-2-4-8-12(10)15;2*1-3-7-11-9(5-1)13-10-6-2-4-8-12(10)14-11;1-3-7-11-9(5-1)10-6-2-4-8-12(10)13-11/h1-8H;1-8H,9H2;1-8,14H;1-8H;1-8H;2*1-8H;1-8H/q8*+1. The van der Waals surface area contributed by atoms with Crippen LogP contribution in [0.15, 0.2) is 418 Å². The molecule has 0 saturated heterocycles. The number of rotatable bonds is 0. The molecule has 8 heterocycles. The Kier molecular flexibility index (Phi) is 26.9. The van der Waals surface area contributed by atoms with E-state index < -0.39 is 20.6 Å². The molecule has 0 bridgehead atoms. The molecule has 8 aliphatic rings. The third-order valence-corrected chi connectivity index (χ3v) is 49.5. The van der Waals surface area contributed by atoms with Crippen LogP contribution in [0.1, 0.15) is 27.0 Å². The molecule has 560 valence electrons. The van der Waals surface area contributed by atoms with E-state index in [1.165, 1.54) is 60.9 Å². The van der Waals surface area contributed by atoms with Gasteiger partial charge in [-0.25, -0.2) is 12.6 Å². The summed E-state index contributed by atoms with van der Waals surface area (Å²) in [6.45, 7) is 0. The quantitative estimate of drug-likeness (QED) is 0.165. The van der Waals surface area contributed by atoms with Crippen LogP contribution >= 0.6 is 11.8 Å². The van der Waals surface area contributed by atoms with E-state index in [2.05, 4.69) is 248 Å². The summed E-state index contributed by atoms with van der Waals surface area (Å²) < 4.78 is 65.0. The van der Waals surface area contributed by atoms with Gasteiger partial charge in [0.15, 0.2) is 18.6 Å². The largest absolute Gasteiger partial charge is 0.448 e. The van der Waals surface area contributed by atoms with E-state index in [9.17, 15) is 17.4 Å². The lowest BCUT2D eigenvalue weighted by Crippen LogP contribution is -3.62. The molecule has 8 aliphatic heterocycles. The summed E-state index contributed by atoms with van der Waals surface area (Å²) in [5, 5.41) is 3.47. The third-order valence-electron chi connectivity index (χ3n) is 18.3. The molecule has 6 nitrogen and oxygen atoms in total. The van der Waals surface area contributed by atoms with Gasteiger partial charge in [0, 0.05) is 28.7 Å². The van der Waals surface area contributed by atoms with Gasteiger partial charge in [0.2, 0.25) is 65.6 Å². The van der Waals surface area contributed by atoms with Gasteiger partial charge in [0.25, 0.3) is 0 Å². The zero-order valence-electron chi connectivity index (χ0n) is 60.9. The second kappa shape index (κ2) is 38.4. The van der Waals surface area contributed by atoms with Crippen molar-refractivity contribution in [2.24, 2.45) is 0 Å². The Labute approximate surface area is 761 Å². The van der Waals surface area contributed by atoms with E-state index in [-0.39, 0.29) is 175 Å². The number of para-hydroxylation sites is 4. The van der Waals surface area contributed by atoms with Crippen molar-refractivity contribution >= 4 is 49.6 Å². The van der Waals surface area contributed by atoms with Gasteiger partial charge in [0.1, 0.15) is 9.79 Å². The molecule has 0 aromatic heterocycles. The van der Waals surface area contributed by atoms with Gasteiger partial charge in [-0.1, -0.05) is 218 Å². The minimum Gasteiger partial charge on any atom is -0.448 e. The van der Waals surface area contributed by atoms with E-state index in [4.69, 9.17) is 4.74 Å². The number of hydrogen-bond donors (Lipinski definition) is 1. The average molecular weight is 2450 g/mol. The van der Waals surface area contributed by atoms with Gasteiger partial charge in [0.05, 0.1) is 52.9 Å². The SMILES string of the molecule is O=C1c2ccccc2[I+]c2ccccc21.O=S1(=O)c2ccccc2[I+]c2ccccc21.O=S1c2ccccc2[I+]c2ccccc21.c1ccc2c(c1)Cc1ccccc1[I+]2.c1ccc2c(c1)Nc1ccccc1[I+]2.c1ccc2c(c1)Oc1ccccc1[I+]2.c1ccc2c(c1)Sc1ccccc1[I+]2.c1ccc2c(c1)[I+]c1ccccc1-2. The fraction of sp³-hybridized carbons (Fsp3) is 0.0102. The maximum absolute atomic E-state index is 12.3. The lowest BCUT2D eigenvalue weighted by Gasteiger charge is -2.10. The molecule has 0 amide bonds. The molecule has 0 saturated carbocycles. The predicted octanol–water partition coefficient (Wildman–Crippen LogP) is -2.80. The first kappa shape index (κ1) is 80.5. The second-order valence-electron chi connectivity index (χ2n) is 25.9. The van der Waals surface area contributed by atoms with Crippen molar-refractivity contribution < 1.29 is 192 Å². The minimum absolute atomic E-state index is 0.0128. The molecule has 1 N–H and O–H groups in total. The Morgan fingerprint density at radius 3 is 1.01 bits per heavy atom. The lowest BCUT2D eigenvalue weighted by atomic mass is 10.0. The Hall–Kier alpha value is -6.92. The summed E-state index contributed by atoms with van der Waals surface area (Å²) in [7, 11) is -4.24. The highest BCUT2D eigenvalue weighted by atomic mass is 127. The van der Waals surface area contributed by atoms with Crippen LogP contribution in [0, 0.1) is 57.1 Å². The smallest absolute Gasteiger partial charge is 0.366 e. The first-order valence-corrected chi connectivity index (χ1v) is 57.3. The van der Waals surface area contributed by atoms with Gasteiger partial charge in [-0.3, -0.25) is 4.79 Å². The number of sulfone groups is 1. The molecule has 0 fully saturated rings. The normalized spacial score (nSPS) is 13.5. The van der Waals surface area contributed by atoms with Crippen LogP contribution < -0.4 is 180 Å². The monoisotopic (exact) mass is 2450 g/mol. The van der Waals surface area contributed by atoms with Gasteiger partial charge in [-0.2, -0.15) is 0 Å². The summed E-state index contributed by atoms with van der Waals surface area (Å²) in [5.41, 5.74) is 10.4. The minimum atomic E-state index is -3.27. The number of carbonyl (C=O) groups is 1. The van der Waals surface area contributed by atoms with Gasteiger partial charge >= 0.3 is 170 Å². The molecule has 0 aliphatic carbocycles. The third kappa shape index (κ3) is 19.1. The summed E-state index contributed by atoms with van der Waals surface area (Å²) in [6, 6.07) is 133. The summed E-state index contributed by atoms with van der Waals surface area (Å²) in [6.07, 6.45) is 1.13. The summed E-state index contributed by atoms with van der Waals surface area (Å²) >= 11 is 1.42. The molecule has 0 atom stereocenters. The van der Waals surface area contributed by atoms with Crippen LogP contribution in [0.3, 0.4) is 0 Å². The molecule has 0 spiro atoms. The zero-order chi connectivity index (χ0) is 77.9. The van der Waals surface area contributed by atoms with E-state index in [0.29, 0.717) is 9.79 Å². The van der Waals surface area contributed by atoms with Crippen LogP contribution in [-0.2, 0) is 27.1 Å². The molecule has 16 aromatic rings. The maximum atomic E-state index is 12.3. The topological polar surface area (TPSA) is 89.5 Å². The van der Waals surface area contributed by atoms with Crippen molar-refractivity contribution in [1.29, 1.82) is 0 Å². The number of nitrogens with one attached hydrogen (secondary N) is 1. The van der Waals surface area contributed by atoms with Crippen molar-refractivity contribution in [3.05, 3.63) is 468 Å². The number of ketones is 1. The Balaban J connectivity index is 0.0000000948. The van der Waals surface area contributed by atoms with Crippen molar-refractivity contribution in [3.63, 3.8) is 0 Å². The van der Waals surface area contributed by atoms with Crippen molar-refractivity contribution in [3.8, 4) is 22.6 Å². The first-order chi connectivity index (χ1) is 56.6. The van der Waals surface area contributed by atoms with Crippen molar-refractivity contribution in [2.45, 2.75) is 35.8 Å². The number of anilines is 2. The highest BCUT2D eigenvalue weighted by Gasteiger charge is 2.41. The number of fused-ring (bicyclic) bond motifs is 17. The maximum Gasteiger partial charge on any atom is 0.366 e. The van der Waals surface area contributed by atoms with E-state index in [1.54, 1.807) is 56.8 Å². The van der Waals surface area contributed by atoms with E-state index in [0.717, 1.165) is 46.0 Å². The molecule has 16 aromatic carbocycles. The Morgan fingerprint density at radius 1 is 0.270 bits per heavy atom. The first-order valence-electron chi connectivity index (χ1n) is 36.6. The summed E-state index contributed by atoms with van der Waals surface area (Å²) in [5.74, 6) is 2.27. The lowest BCUT2D eigenvalue weighted by molar-refractivity contribution is -0.606. The van der Waals surface area contributed by atoms with Gasteiger partial charge < -0.3 is 10.1 Å². The number of hydrogen-bond acceptors (Lipinski definition) is 7. The molecular weight excluding hydrogens is 2380 g/mol. The number of halogens is 8. The predicted molar refractivity (Wildman–Crippen MR) is 425 cm³/mol. The zero-order valence-corrected chi connectivity index (χ0v) is 80.7. The highest BCUT2D eigenvalue weighted by molar-refractivity contribution is 7.99. The fourth-order valence-electron chi connectivity index (χ4n) is 12.8. The molecule has 17 heteroatoms. The van der Waals surface area contributed by atoms with Gasteiger partial charge in [-0.05, 0) is 182 Å². The van der Waals surface area contributed by atoms with Crippen LogP contribution in [0.25, 0.3) is 11.1 Å². The number of carbonyl (C=O) groups excluding carboxylic acids is 1. The second-order valence-corrected chi connectivity index (χ2v) is 53.2. The Morgan fingerprint density at radius 2 is 0.548 bits per heavy atom. The highest BCUT2D eigenvalue weighted by Crippen LogP contribution is 2.30. The molecule has 0 radical (unpaired) electrons. The number of benzene rings is 16. The van der Waals surface area contributed by atoms with Crippen molar-refractivity contribution in [1.82, 2.24) is 0 Å². The molecule has 0 unspecified atom stereocenters. The van der Waals surface area contributed by atoms with Crippen LogP contribution in [0.4, 0.5) is 11.4 Å². The molecular formula is C98H67I8NO5S3+8. The molecule has 24 rings (SSSR count). The van der Waals surface area contributed by atoms with Crippen LogP contribution in [0.2, 0.25) is 0 Å².